The number of hydrogen-bond donors (Lipinski definition) is 1. The highest BCUT2D eigenvalue weighted by Crippen LogP contribution is 2.22. The molecule has 0 unspecified atom stereocenters. The number of carbonyl (C=O) groups is 1. The first-order chi connectivity index (χ1) is 14.0. The predicted molar refractivity (Wildman–Crippen MR) is 115 cm³/mol. The van der Waals surface area contributed by atoms with Gasteiger partial charge in [0.25, 0.3) is 5.56 Å². The van der Waals surface area contributed by atoms with Crippen LogP contribution in [0.15, 0.2) is 34.2 Å². The summed E-state index contributed by atoms with van der Waals surface area (Å²) in [5, 5.41) is 13.0. The molecule has 1 saturated carbocycles. The summed E-state index contributed by atoms with van der Waals surface area (Å²) in [5.41, 5.74) is 0.716. The van der Waals surface area contributed by atoms with Crippen LogP contribution in [0.2, 0.25) is 0 Å². The summed E-state index contributed by atoms with van der Waals surface area (Å²) in [5.74, 6) is 1.14. The van der Waals surface area contributed by atoms with Crippen molar-refractivity contribution in [3.8, 4) is 0 Å². The van der Waals surface area contributed by atoms with Gasteiger partial charge in [-0.1, -0.05) is 57.0 Å². The number of nitrogens with zero attached hydrogens (tertiary/aromatic N) is 4. The average molecular weight is 414 g/mol. The van der Waals surface area contributed by atoms with Crippen LogP contribution < -0.4 is 10.9 Å². The predicted octanol–water partition coefficient (Wildman–Crippen LogP) is 3.24. The summed E-state index contributed by atoms with van der Waals surface area (Å²) in [4.78, 5) is 25.4. The lowest BCUT2D eigenvalue weighted by molar-refractivity contribution is -0.119. The van der Waals surface area contributed by atoms with Crippen LogP contribution in [0, 0.1) is 5.92 Å². The lowest BCUT2D eigenvalue weighted by Gasteiger charge is -2.22. The summed E-state index contributed by atoms with van der Waals surface area (Å²) < 4.78 is 3.59. The van der Waals surface area contributed by atoms with Crippen molar-refractivity contribution >= 4 is 34.3 Å². The zero-order valence-electron chi connectivity index (χ0n) is 16.9. The fourth-order valence-electron chi connectivity index (χ4n) is 4.00. The van der Waals surface area contributed by atoms with Crippen molar-refractivity contribution in [2.45, 2.75) is 63.7 Å². The largest absolute Gasteiger partial charge is 0.353 e. The van der Waals surface area contributed by atoms with E-state index in [4.69, 9.17) is 0 Å². The number of benzene rings is 1. The maximum absolute atomic E-state index is 13.0. The Morgan fingerprint density at radius 2 is 1.97 bits per heavy atom. The van der Waals surface area contributed by atoms with E-state index in [0.717, 1.165) is 18.4 Å². The van der Waals surface area contributed by atoms with Crippen molar-refractivity contribution < 1.29 is 4.79 Å². The van der Waals surface area contributed by atoms with Gasteiger partial charge in [-0.25, -0.2) is 0 Å². The van der Waals surface area contributed by atoms with Crippen molar-refractivity contribution in [2.24, 2.45) is 5.92 Å². The molecular weight excluding hydrogens is 386 g/mol. The minimum absolute atomic E-state index is 0.0263. The zero-order valence-corrected chi connectivity index (χ0v) is 17.7. The van der Waals surface area contributed by atoms with Crippen LogP contribution in [-0.4, -0.2) is 36.9 Å². The van der Waals surface area contributed by atoms with E-state index in [1.807, 2.05) is 28.7 Å². The summed E-state index contributed by atoms with van der Waals surface area (Å²) in [6, 6.07) is 7.79. The van der Waals surface area contributed by atoms with Crippen molar-refractivity contribution in [1.29, 1.82) is 0 Å². The van der Waals surface area contributed by atoms with Gasteiger partial charge in [0.1, 0.15) is 0 Å². The lowest BCUT2D eigenvalue weighted by Crippen LogP contribution is -2.37. The highest BCUT2D eigenvalue weighted by atomic mass is 32.2. The molecule has 7 nitrogen and oxygen atoms in total. The Morgan fingerprint density at radius 1 is 1.21 bits per heavy atom. The quantitative estimate of drug-likeness (QED) is 0.628. The third kappa shape index (κ3) is 4.17. The molecule has 2 heterocycles. The number of para-hydroxylation sites is 1. The molecule has 0 atom stereocenters. The summed E-state index contributed by atoms with van der Waals surface area (Å²) in [6.07, 6.45) is 5.77. The van der Waals surface area contributed by atoms with Gasteiger partial charge in [-0.05, 0) is 30.9 Å². The van der Waals surface area contributed by atoms with E-state index >= 15 is 0 Å². The molecule has 1 amide bonds. The minimum atomic E-state index is -0.0548. The van der Waals surface area contributed by atoms with Crippen LogP contribution in [-0.2, 0) is 11.3 Å². The maximum atomic E-state index is 13.0. The first kappa shape index (κ1) is 19.9. The second kappa shape index (κ2) is 8.57. The molecule has 3 aromatic rings. The third-order valence-corrected chi connectivity index (χ3v) is 6.26. The van der Waals surface area contributed by atoms with Gasteiger partial charge in [-0.15, -0.1) is 10.2 Å². The van der Waals surface area contributed by atoms with E-state index in [-0.39, 0.29) is 17.2 Å². The molecular formula is C21H27N5O2S. The van der Waals surface area contributed by atoms with Crippen molar-refractivity contribution in [1.82, 2.24) is 24.5 Å². The number of nitrogens with one attached hydrogen (secondary N) is 1. The smallest absolute Gasteiger partial charge is 0.262 e. The van der Waals surface area contributed by atoms with Gasteiger partial charge < -0.3 is 5.32 Å². The van der Waals surface area contributed by atoms with E-state index in [2.05, 4.69) is 29.4 Å². The molecule has 0 bridgehead atoms. The first-order valence-corrected chi connectivity index (χ1v) is 11.3. The molecule has 1 aromatic carbocycles. The normalized spacial score (nSPS) is 15.4. The monoisotopic (exact) mass is 413 g/mol. The number of carbonyl (C=O) groups excluding carboxylic acids is 1. The fourth-order valence-corrected chi connectivity index (χ4v) is 4.75. The number of rotatable bonds is 6. The Morgan fingerprint density at radius 3 is 2.72 bits per heavy atom. The maximum Gasteiger partial charge on any atom is 0.262 e. The highest BCUT2D eigenvalue weighted by molar-refractivity contribution is 7.99. The molecule has 154 valence electrons. The first-order valence-electron chi connectivity index (χ1n) is 10.3. The lowest BCUT2D eigenvalue weighted by atomic mass is 9.95. The Labute approximate surface area is 173 Å². The number of thioether (sulfide) groups is 1. The Hall–Kier alpha value is -2.35. The van der Waals surface area contributed by atoms with Gasteiger partial charge in [-0.2, -0.15) is 0 Å². The van der Waals surface area contributed by atoms with Crippen molar-refractivity contribution in [2.75, 3.05) is 5.75 Å². The van der Waals surface area contributed by atoms with E-state index in [9.17, 15) is 9.59 Å². The van der Waals surface area contributed by atoms with Gasteiger partial charge in [0.15, 0.2) is 5.16 Å². The molecule has 1 N–H and O–H groups in total. The zero-order chi connectivity index (χ0) is 20.4. The molecule has 1 aliphatic rings. The standard InChI is InChI=1S/C21H27N5O2S/c1-14(2)12-25-19(28)16-10-6-7-11-17(16)26-20(25)23-24-21(26)29-13-18(27)22-15-8-4-3-5-9-15/h6-7,10-11,14-15H,3-5,8-9,12-13H2,1-2H3,(H,22,27). The average Bonchev–Trinajstić information content (AvgIpc) is 3.14. The highest BCUT2D eigenvalue weighted by Gasteiger charge is 2.19. The van der Waals surface area contributed by atoms with E-state index in [1.165, 1.54) is 31.0 Å². The summed E-state index contributed by atoms with van der Waals surface area (Å²) in [6.45, 7) is 4.71. The molecule has 0 radical (unpaired) electrons. The molecule has 0 saturated heterocycles. The van der Waals surface area contributed by atoms with Crippen molar-refractivity contribution in [3.63, 3.8) is 0 Å². The Bertz CT molecular complexity index is 1080. The van der Waals surface area contributed by atoms with Gasteiger partial charge in [-0.3, -0.25) is 18.6 Å². The van der Waals surface area contributed by atoms with Crippen LogP contribution >= 0.6 is 11.8 Å². The molecule has 2 aromatic heterocycles. The van der Waals surface area contributed by atoms with Crippen LogP contribution in [0.4, 0.5) is 0 Å². The van der Waals surface area contributed by atoms with E-state index in [1.54, 1.807) is 4.57 Å². The van der Waals surface area contributed by atoms with Crippen molar-refractivity contribution in [3.05, 3.63) is 34.6 Å². The van der Waals surface area contributed by atoms with E-state index in [0.29, 0.717) is 34.8 Å². The molecule has 0 aliphatic heterocycles. The Kier molecular flexibility index (Phi) is 5.89. The number of aromatic nitrogens is 4. The van der Waals surface area contributed by atoms with Gasteiger partial charge in [0.05, 0.1) is 16.7 Å². The van der Waals surface area contributed by atoms with Gasteiger partial charge >= 0.3 is 0 Å². The second-order valence-corrected chi connectivity index (χ2v) is 9.08. The topological polar surface area (TPSA) is 81.3 Å². The van der Waals surface area contributed by atoms with Gasteiger partial charge in [0, 0.05) is 12.6 Å². The van der Waals surface area contributed by atoms with Crippen LogP contribution in [0.25, 0.3) is 16.7 Å². The van der Waals surface area contributed by atoms with E-state index < -0.39 is 0 Å². The molecule has 1 aliphatic carbocycles. The van der Waals surface area contributed by atoms with Crippen LogP contribution in [0.1, 0.15) is 46.0 Å². The molecule has 8 heteroatoms. The second-order valence-electron chi connectivity index (χ2n) is 8.14. The Balaban J connectivity index is 1.64. The fraction of sp³-hybridized carbons (Fsp3) is 0.524. The van der Waals surface area contributed by atoms with Crippen LogP contribution in [0.3, 0.4) is 0 Å². The van der Waals surface area contributed by atoms with Gasteiger partial charge in [0.2, 0.25) is 11.7 Å². The molecule has 29 heavy (non-hydrogen) atoms. The molecule has 4 rings (SSSR count). The van der Waals surface area contributed by atoms with Crippen LogP contribution in [0.5, 0.6) is 0 Å². The third-order valence-electron chi connectivity index (χ3n) is 5.33. The number of amides is 1. The summed E-state index contributed by atoms with van der Waals surface area (Å²) >= 11 is 1.36. The summed E-state index contributed by atoms with van der Waals surface area (Å²) in [7, 11) is 0. The number of hydrogen-bond acceptors (Lipinski definition) is 5. The minimum Gasteiger partial charge on any atom is -0.353 e. The molecule has 0 spiro atoms. The SMILES string of the molecule is CC(C)Cn1c(=O)c2ccccc2n2c(SCC(=O)NC3CCCCC3)nnc12. The number of fused-ring (bicyclic) bond motifs is 3. The molecule has 1 fully saturated rings.